The molecule has 1 rings (SSSR count). The van der Waals surface area contributed by atoms with Gasteiger partial charge in [0.1, 0.15) is 5.78 Å². The highest BCUT2D eigenvalue weighted by molar-refractivity contribution is 5.92. The molecule has 0 spiro atoms. The van der Waals surface area contributed by atoms with Crippen molar-refractivity contribution in [2.75, 3.05) is 0 Å². The number of allylic oxidation sites excluding steroid dienone is 2. The van der Waals surface area contributed by atoms with Crippen molar-refractivity contribution in [2.45, 2.75) is 27.2 Å². The summed E-state index contributed by atoms with van der Waals surface area (Å²) in [5.41, 5.74) is 1.12. The third kappa shape index (κ3) is 2.18. The number of hydrogen-bond acceptors (Lipinski definition) is 1. The molecule has 1 heteroatoms. The number of hydrogen-bond donors (Lipinski definition) is 0. The minimum Gasteiger partial charge on any atom is -0.299 e. The van der Waals surface area contributed by atoms with Gasteiger partial charge in [-0.15, -0.1) is 0 Å². The van der Waals surface area contributed by atoms with Gasteiger partial charge in [0.05, 0.1) is 6.42 Å². The van der Waals surface area contributed by atoms with E-state index in [1.807, 2.05) is 13.8 Å². The molecule has 0 aromatic rings. The summed E-state index contributed by atoms with van der Waals surface area (Å²) in [5.74, 6) is 1.04. The predicted octanol–water partition coefficient (Wildman–Crippen LogP) is 2.38. The monoisotopic (exact) mass is 151 g/mol. The maximum atomic E-state index is 11.3. The highest BCUT2D eigenvalue weighted by Gasteiger charge is 2.19. The Kier molecular flexibility index (Phi) is 2.48. The molecule has 1 aliphatic rings. The lowest BCUT2D eigenvalue weighted by Crippen LogP contribution is -2.10. The largest absolute Gasteiger partial charge is 0.299 e. The lowest BCUT2D eigenvalue weighted by atomic mass is 9.96. The smallest absolute Gasteiger partial charge is 0.143 e. The van der Waals surface area contributed by atoms with Gasteiger partial charge in [0, 0.05) is 5.92 Å². The van der Waals surface area contributed by atoms with Crippen LogP contribution in [0.2, 0.25) is 0 Å². The molecule has 0 aromatic heterocycles. The first kappa shape index (κ1) is 8.51. The topological polar surface area (TPSA) is 17.1 Å². The first-order valence-electron chi connectivity index (χ1n) is 4.16. The van der Waals surface area contributed by atoms with Crippen LogP contribution in [0.1, 0.15) is 27.2 Å². The molecule has 0 bridgehead atoms. The van der Waals surface area contributed by atoms with Crippen LogP contribution in [-0.4, -0.2) is 5.78 Å². The lowest BCUT2D eigenvalue weighted by Gasteiger charge is -2.08. The fourth-order valence-corrected chi connectivity index (χ4v) is 1.61. The second-order valence-electron chi connectivity index (χ2n) is 3.57. The van der Waals surface area contributed by atoms with Crippen molar-refractivity contribution in [3.05, 3.63) is 18.1 Å². The van der Waals surface area contributed by atoms with Gasteiger partial charge in [-0.2, -0.15) is 0 Å². The molecule has 0 aromatic carbocycles. The molecule has 2 unspecified atom stereocenters. The van der Waals surface area contributed by atoms with E-state index in [-0.39, 0.29) is 11.7 Å². The third-order valence-corrected chi connectivity index (χ3v) is 2.13. The van der Waals surface area contributed by atoms with E-state index in [1.54, 1.807) is 6.42 Å². The Morgan fingerprint density at radius 2 is 2.09 bits per heavy atom. The molecule has 1 aliphatic carbocycles. The first-order chi connectivity index (χ1) is 5.09. The van der Waals surface area contributed by atoms with E-state index in [1.165, 1.54) is 0 Å². The Hall–Kier alpha value is -0.590. The van der Waals surface area contributed by atoms with E-state index < -0.39 is 0 Å². The molecule has 0 N–H and O–H groups in total. The van der Waals surface area contributed by atoms with E-state index in [0.29, 0.717) is 5.92 Å². The van der Waals surface area contributed by atoms with E-state index in [9.17, 15) is 4.79 Å². The average Bonchev–Trinajstić information content (AvgIpc) is 1.93. The second-order valence-corrected chi connectivity index (χ2v) is 3.57. The minimum absolute atomic E-state index is 0.207. The molecule has 0 saturated carbocycles. The summed E-state index contributed by atoms with van der Waals surface area (Å²) in [5, 5.41) is 0. The normalized spacial score (nSPS) is 33.0. The van der Waals surface area contributed by atoms with Crippen molar-refractivity contribution in [2.24, 2.45) is 11.8 Å². The Bertz CT molecular complexity index is 191. The molecule has 1 radical (unpaired) electrons. The first-order valence-corrected chi connectivity index (χ1v) is 4.16. The molecular formula is C10H15O. The summed E-state index contributed by atoms with van der Waals surface area (Å²) in [7, 11) is 0. The highest BCUT2D eigenvalue weighted by Crippen LogP contribution is 2.22. The lowest BCUT2D eigenvalue weighted by molar-refractivity contribution is -0.119. The van der Waals surface area contributed by atoms with Crippen molar-refractivity contribution < 1.29 is 4.79 Å². The van der Waals surface area contributed by atoms with Gasteiger partial charge in [-0.05, 0) is 19.3 Å². The summed E-state index contributed by atoms with van der Waals surface area (Å²) in [6.45, 7) is 6.15. The third-order valence-electron chi connectivity index (χ3n) is 2.13. The molecule has 11 heavy (non-hydrogen) atoms. The standard InChI is InChI=1S/C10H15O/c1-7-4-8(2)6-10(11)9(3)5-7/h4,6-7,9H,5H2,1-3H3. The van der Waals surface area contributed by atoms with Crippen LogP contribution in [0.5, 0.6) is 0 Å². The average molecular weight is 151 g/mol. The summed E-state index contributed by atoms with van der Waals surface area (Å²) in [6.07, 6.45) is 4.92. The van der Waals surface area contributed by atoms with Crippen molar-refractivity contribution >= 4 is 5.78 Å². The molecular weight excluding hydrogens is 136 g/mol. The fourth-order valence-electron chi connectivity index (χ4n) is 1.61. The van der Waals surface area contributed by atoms with Gasteiger partial charge in [0.2, 0.25) is 0 Å². The molecule has 0 fully saturated rings. The van der Waals surface area contributed by atoms with Crippen LogP contribution in [0.25, 0.3) is 0 Å². The summed E-state index contributed by atoms with van der Waals surface area (Å²) in [6, 6.07) is 0. The van der Waals surface area contributed by atoms with Crippen LogP contribution in [0, 0.1) is 18.3 Å². The Morgan fingerprint density at radius 1 is 1.45 bits per heavy atom. The van der Waals surface area contributed by atoms with E-state index in [2.05, 4.69) is 13.0 Å². The quantitative estimate of drug-likeness (QED) is 0.519. The Balaban J connectivity index is 2.72. The number of ketones is 1. The zero-order valence-electron chi connectivity index (χ0n) is 7.42. The van der Waals surface area contributed by atoms with Crippen molar-refractivity contribution in [3.8, 4) is 0 Å². The number of carbonyl (C=O) groups excluding carboxylic acids is 1. The van der Waals surface area contributed by atoms with Gasteiger partial charge in [-0.25, -0.2) is 0 Å². The van der Waals surface area contributed by atoms with Crippen LogP contribution in [0.4, 0.5) is 0 Å². The SMILES string of the molecule is CC1=CC(C)CC(C)C(=O)[CH]1. The van der Waals surface area contributed by atoms with Crippen LogP contribution in [0.15, 0.2) is 11.6 Å². The summed E-state index contributed by atoms with van der Waals surface area (Å²) in [4.78, 5) is 11.3. The van der Waals surface area contributed by atoms with Crippen molar-refractivity contribution in [1.29, 1.82) is 0 Å². The Labute approximate surface area is 68.5 Å². The second kappa shape index (κ2) is 3.21. The van der Waals surface area contributed by atoms with E-state index in [4.69, 9.17) is 0 Å². The maximum absolute atomic E-state index is 11.3. The summed E-state index contributed by atoms with van der Waals surface area (Å²) >= 11 is 0. The number of Topliss-reactive ketones (excluding diaryl/α,β-unsaturated/α-hetero) is 1. The van der Waals surface area contributed by atoms with Gasteiger partial charge in [-0.3, -0.25) is 4.79 Å². The van der Waals surface area contributed by atoms with Crippen LogP contribution < -0.4 is 0 Å². The molecule has 0 aliphatic heterocycles. The van der Waals surface area contributed by atoms with Gasteiger partial charge >= 0.3 is 0 Å². The van der Waals surface area contributed by atoms with Crippen LogP contribution in [-0.2, 0) is 4.79 Å². The van der Waals surface area contributed by atoms with Gasteiger partial charge < -0.3 is 0 Å². The molecule has 0 heterocycles. The van der Waals surface area contributed by atoms with Crippen molar-refractivity contribution in [3.63, 3.8) is 0 Å². The Morgan fingerprint density at radius 3 is 2.73 bits per heavy atom. The van der Waals surface area contributed by atoms with Gasteiger partial charge in [0.15, 0.2) is 0 Å². The zero-order valence-corrected chi connectivity index (χ0v) is 7.42. The predicted molar refractivity (Wildman–Crippen MR) is 46.0 cm³/mol. The van der Waals surface area contributed by atoms with Gasteiger partial charge in [-0.1, -0.05) is 25.5 Å². The zero-order chi connectivity index (χ0) is 8.43. The van der Waals surface area contributed by atoms with Crippen LogP contribution in [0.3, 0.4) is 0 Å². The van der Waals surface area contributed by atoms with Gasteiger partial charge in [0.25, 0.3) is 0 Å². The molecule has 1 nitrogen and oxygen atoms in total. The number of carbonyl (C=O) groups is 1. The molecule has 0 amide bonds. The molecule has 61 valence electrons. The minimum atomic E-state index is 0.207. The fraction of sp³-hybridized carbons (Fsp3) is 0.600. The summed E-state index contributed by atoms with van der Waals surface area (Å²) < 4.78 is 0. The van der Waals surface area contributed by atoms with E-state index in [0.717, 1.165) is 12.0 Å². The molecule has 0 saturated heterocycles. The van der Waals surface area contributed by atoms with Crippen molar-refractivity contribution in [1.82, 2.24) is 0 Å². The maximum Gasteiger partial charge on any atom is 0.143 e. The molecule has 2 atom stereocenters. The highest BCUT2D eigenvalue weighted by atomic mass is 16.1. The van der Waals surface area contributed by atoms with Crippen LogP contribution >= 0.6 is 0 Å². The van der Waals surface area contributed by atoms with E-state index >= 15 is 0 Å². The number of rotatable bonds is 0.